The molecule has 2 aromatic rings. The van der Waals surface area contributed by atoms with Crippen LogP contribution in [-0.4, -0.2) is 30.4 Å². The van der Waals surface area contributed by atoms with Crippen molar-refractivity contribution in [2.45, 2.75) is 44.2 Å². The van der Waals surface area contributed by atoms with Crippen molar-refractivity contribution in [2.24, 2.45) is 5.92 Å². The van der Waals surface area contributed by atoms with Crippen LogP contribution >= 0.6 is 0 Å². The summed E-state index contributed by atoms with van der Waals surface area (Å²) in [5, 5.41) is 11.2. The Hall–Kier alpha value is -2.40. The maximum atomic E-state index is 12.4. The van der Waals surface area contributed by atoms with Gasteiger partial charge in [0.05, 0.1) is 12.6 Å². The Kier molecular flexibility index (Phi) is 4.89. The second kappa shape index (κ2) is 7.46. The normalized spacial score (nSPS) is 24.8. The molecule has 3 atom stereocenters. The minimum atomic E-state index is -0.204. The molecule has 1 aliphatic carbocycles. The SMILES string of the molecule is O=C(CNC(=O)C1CC2CCCCC2N1)Nc1cccc2ccccc12. The zero-order valence-corrected chi connectivity index (χ0v) is 14.8. The summed E-state index contributed by atoms with van der Waals surface area (Å²) in [5.74, 6) is 0.349. The molecule has 5 nitrogen and oxygen atoms in total. The molecule has 1 aliphatic heterocycles. The lowest BCUT2D eigenvalue weighted by atomic mass is 9.85. The second-order valence-electron chi connectivity index (χ2n) is 7.40. The topological polar surface area (TPSA) is 70.2 Å². The third-order valence-electron chi connectivity index (χ3n) is 5.67. The van der Waals surface area contributed by atoms with Crippen molar-refractivity contribution in [2.75, 3.05) is 11.9 Å². The summed E-state index contributed by atoms with van der Waals surface area (Å²) in [7, 11) is 0. The van der Waals surface area contributed by atoms with E-state index in [9.17, 15) is 9.59 Å². The van der Waals surface area contributed by atoms with E-state index in [0.29, 0.717) is 12.0 Å². The summed E-state index contributed by atoms with van der Waals surface area (Å²) in [6, 6.07) is 14.0. The Morgan fingerprint density at radius 3 is 2.73 bits per heavy atom. The van der Waals surface area contributed by atoms with Crippen molar-refractivity contribution in [3.05, 3.63) is 42.5 Å². The van der Waals surface area contributed by atoms with Gasteiger partial charge in [0.15, 0.2) is 0 Å². The molecule has 3 N–H and O–H groups in total. The predicted octanol–water partition coefficient (Wildman–Crippen LogP) is 2.82. The molecule has 4 rings (SSSR count). The maximum absolute atomic E-state index is 12.4. The molecular weight excluding hydrogens is 326 g/mol. The number of benzene rings is 2. The molecule has 2 aliphatic rings. The maximum Gasteiger partial charge on any atom is 0.243 e. The summed E-state index contributed by atoms with van der Waals surface area (Å²) in [4.78, 5) is 24.7. The van der Waals surface area contributed by atoms with Gasteiger partial charge >= 0.3 is 0 Å². The standard InChI is InChI=1S/C21H25N3O2/c25-20(24-18-11-5-8-14-6-1-3-9-16(14)18)13-22-21(26)19-12-15-7-2-4-10-17(15)23-19/h1,3,5-6,8-9,11,15,17,19,23H,2,4,7,10,12-13H2,(H,22,26)(H,24,25). The van der Waals surface area contributed by atoms with E-state index >= 15 is 0 Å². The number of rotatable bonds is 4. The fourth-order valence-electron chi connectivity index (χ4n) is 4.34. The molecule has 0 spiro atoms. The van der Waals surface area contributed by atoms with Crippen molar-refractivity contribution in [3.63, 3.8) is 0 Å². The van der Waals surface area contributed by atoms with Crippen LogP contribution in [0.3, 0.4) is 0 Å². The first-order chi connectivity index (χ1) is 12.7. The zero-order valence-electron chi connectivity index (χ0n) is 14.8. The average molecular weight is 351 g/mol. The number of hydrogen-bond acceptors (Lipinski definition) is 3. The van der Waals surface area contributed by atoms with E-state index in [2.05, 4.69) is 16.0 Å². The predicted molar refractivity (Wildman–Crippen MR) is 103 cm³/mol. The van der Waals surface area contributed by atoms with Gasteiger partial charge in [-0.15, -0.1) is 0 Å². The monoisotopic (exact) mass is 351 g/mol. The lowest BCUT2D eigenvalue weighted by Gasteiger charge is -2.24. The molecule has 1 saturated carbocycles. The van der Waals surface area contributed by atoms with Crippen LogP contribution in [0.4, 0.5) is 5.69 Å². The molecule has 2 aromatic carbocycles. The molecule has 0 bridgehead atoms. The Balaban J connectivity index is 1.32. The van der Waals surface area contributed by atoms with Crippen molar-refractivity contribution >= 4 is 28.3 Å². The molecule has 0 aromatic heterocycles. The van der Waals surface area contributed by atoms with Crippen LogP contribution in [0.25, 0.3) is 10.8 Å². The summed E-state index contributed by atoms with van der Waals surface area (Å²) in [5.41, 5.74) is 0.771. The highest BCUT2D eigenvalue weighted by atomic mass is 16.2. The summed E-state index contributed by atoms with van der Waals surface area (Å²) in [6.07, 6.45) is 5.78. The van der Waals surface area contributed by atoms with Crippen LogP contribution in [0.5, 0.6) is 0 Å². The van der Waals surface area contributed by atoms with Gasteiger partial charge in [-0.05, 0) is 36.6 Å². The van der Waals surface area contributed by atoms with Gasteiger partial charge in [-0.3, -0.25) is 9.59 Å². The fourth-order valence-corrected chi connectivity index (χ4v) is 4.34. The van der Waals surface area contributed by atoms with Crippen molar-refractivity contribution in [1.29, 1.82) is 0 Å². The van der Waals surface area contributed by atoms with Crippen LogP contribution in [0.1, 0.15) is 32.1 Å². The Morgan fingerprint density at radius 2 is 1.85 bits per heavy atom. The van der Waals surface area contributed by atoms with Crippen LogP contribution < -0.4 is 16.0 Å². The highest BCUT2D eigenvalue weighted by Crippen LogP contribution is 2.33. The molecule has 3 unspecified atom stereocenters. The Bertz CT molecular complexity index is 801. The van der Waals surface area contributed by atoms with E-state index in [1.54, 1.807) is 0 Å². The van der Waals surface area contributed by atoms with E-state index in [1.807, 2.05) is 42.5 Å². The Morgan fingerprint density at radius 1 is 1.04 bits per heavy atom. The van der Waals surface area contributed by atoms with E-state index in [0.717, 1.165) is 29.3 Å². The summed E-state index contributed by atoms with van der Waals surface area (Å²) < 4.78 is 0. The molecule has 1 heterocycles. The van der Waals surface area contributed by atoms with Crippen LogP contribution in [0, 0.1) is 5.92 Å². The van der Waals surface area contributed by atoms with Crippen LogP contribution in [0.2, 0.25) is 0 Å². The van der Waals surface area contributed by atoms with Gasteiger partial charge in [0.1, 0.15) is 0 Å². The summed E-state index contributed by atoms with van der Waals surface area (Å²) >= 11 is 0. The molecule has 0 radical (unpaired) electrons. The van der Waals surface area contributed by atoms with Gasteiger partial charge < -0.3 is 16.0 Å². The minimum Gasteiger partial charge on any atom is -0.346 e. The molecule has 136 valence electrons. The summed E-state index contributed by atoms with van der Waals surface area (Å²) in [6.45, 7) is -0.00440. The first kappa shape index (κ1) is 17.0. The molecule has 26 heavy (non-hydrogen) atoms. The van der Waals surface area contributed by atoms with Crippen molar-refractivity contribution in [1.82, 2.24) is 10.6 Å². The van der Waals surface area contributed by atoms with Gasteiger partial charge in [0.2, 0.25) is 11.8 Å². The molecular formula is C21H25N3O2. The zero-order chi connectivity index (χ0) is 17.9. The van der Waals surface area contributed by atoms with Gasteiger partial charge in [-0.2, -0.15) is 0 Å². The molecule has 2 fully saturated rings. The molecule has 5 heteroatoms. The smallest absolute Gasteiger partial charge is 0.243 e. The number of amides is 2. The number of nitrogens with one attached hydrogen (secondary N) is 3. The number of carbonyl (C=O) groups is 2. The highest BCUT2D eigenvalue weighted by Gasteiger charge is 2.38. The average Bonchev–Trinajstić information content (AvgIpc) is 3.11. The van der Waals surface area contributed by atoms with Gasteiger partial charge in [-0.25, -0.2) is 0 Å². The van der Waals surface area contributed by atoms with E-state index < -0.39 is 0 Å². The number of anilines is 1. The van der Waals surface area contributed by atoms with Crippen molar-refractivity contribution < 1.29 is 9.59 Å². The third kappa shape index (κ3) is 3.58. The van der Waals surface area contributed by atoms with Gasteiger partial charge in [0.25, 0.3) is 0 Å². The second-order valence-corrected chi connectivity index (χ2v) is 7.40. The van der Waals surface area contributed by atoms with E-state index in [4.69, 9.17) is 0 Å². The fraction of sp³-hybridized carbons (Fsp3) is 0.429. The number of fused-ring (bicyclic) bond motifs is 2. The first-order valence-electron chi connectivity index (χ1n) is 9.52. The van der Waals surface area contributed by atoms with Gasteiger partial charge in [-0.1, -0.05) is 49.2 Å². The number of hydrogen-bond donors (Lipinski definition) is 3. The quantitative estimate of drug-likeness (QED) is 0.793. The van der Waals surface area contributed by atoms with Crippen LogP contribution in [-0.2, 0) is 9.59 Å². The van der Waals surface area contributed by atoms with Crippen LogP contribution in [0.15, 0.2) is 42.5 Å². The van der Waals surface area contributed by atoms with Crippen molar-refractivity contribution in [3.8, 4) is 0 Å². The third-order valence-corrected chi connectivity index (χ3v) is 5.67. The Labute approximate surface area is 153 Å². The van der Waals surface area contributed by atoms with E-state index in [1.165, 1.54) is 19.3 Å². The first-order valence-corrected chi connectivity index (χ1v) is 9.52. The lowest BCUT2D eigenvalue weighted by Crippen LogP contribution is -2.45. The van der Waals surface area contributed by atoms with Gasteiger partial charge in [0, 0.05) is 17.1 Å². The highest BCUT2D eigenvalue weighted by molar-refractivity contribution is 6.03. The lowest BCUT2D eigenvalue weighted by molar-refractivity contribution is -0.125. The van der Waals surface area contributed by atoms with E-state index in [-0.39, 0.29) is 24.4 Å². The largest absolute Gasteiger partial charge is 0.346 e. The minimum absolute atomic E-state index is 0.00440. The molecule has 1 saturated heterocycles. The molecule has 2 amide bonds. The number of carbonyl (C=O) groups excluding carboxylic acids is 2.